The highest BCUT2D eigenvalue weighted by Gasteiger charge is 2.14. The molecule has 3 aromatic heterocycles. The zero-order valence-corrected chi connectivity index (χ0v) is 19.3. The lowest BCUT2D eigenvalue weighted by Crippen LogP contribution is -2.19. The number of aromatic nitrogens is 4. The Bertz CT molecular complexity index is 1410. The first kappa shape index (κ1) is 21.4. The molecular formula is C25H24N6OS. The Morgan fingerprint density at radius 2 is 1.73 bits per heavy atom. The van der Waals surface area contributed by atoms with Gasteiger partial charge in [-0.2, -0.15) is 5.10 Å². The Morgan fingerprint density at radius 1 is 0.909 bits per heavy atom. The minimum absolute atomic E-state index is 0.600. The van der Waals surface area contributed by atoms with Crippen LogP contribution in [0.4, 0.5) is 0 Å². The number of hydrogen-bond donors (Lipinski definition) is 1. The number of fused-ring (bicyclic) bond motifs is 2. The highest BCUT2D eigenvalue weighted by Crippen LogP contribution is 2.35. The highest BCUT2D eigenvalue weighted by molar-refractivity contribution is 7.97. The minimum Gasteiger partial charge on any atom is -0.476 e. The quantitative estimate of drug-likeness (QED) is 0.361. The maximum atomic E-state index is 5.87. The Labute approximate surface area is 196 Å². The minimum atomic E-state index is 0.600. The van der Waals surface area contributed by atoms with E-state index in [1.165, 1.54) is 11.9 Å². The molecule has 166 valence electrons. The summed E-state index contributed by atoms with van der Waals surface area (Å²) in [7, 11) is 4.03. The molecular weight excluding hydrogens is 432 g/mol. The van der Waals surface area contributed by atoms with Crippen LogP contribution in [-0.4, -0.2) is 51.7 Å². The van der Waals surface area contributed by atoms with E-state index in [0.717, 1.165) is 50.1 Å². The number of rotatable bonds is 7. The summed E-state index contributed by atoms with van der Waals surface area (Å²) in [4.78, 5) is 12.3. The van der Waals surface area contributed by atoms with Gasteiger partial charge in [0.1, 0.15) is 6.61 Å². The number of nitrogens with two attached hydrogens (primary N) is 1. The molecule has 0 aliphatic rings. The third-order valence-electron chi connectivity index (χ3n) is 5.52. The van der Waals surface area contributed by atoms with Gasteiger partial charge in [0, 0.05) is 52.8 Å². The van der Waals surface area contributed by atoms with Gasteiger partial charge in [-0.1, -0.05) is 30.3 Å². The van der Waals surface area contributed by atoms with E-state index in [1.54, 1.807) is 6.20 Å². The maximum Gasteiger partial charge on any atom is 0.213 e. The van der Waals surface area contributed by atoms with Crippen LogP contribution in [0.15, 0.2) is 78.2 Å². The molecule has 0 aliphatic carbocycles. The van der Waals surface area contributed by atoms with Crippen molar-refractivity contribution in [3.8, 4) is 28.1 Å². The van der Waals surface area contributed by atoms with Crippen LogP contribution in [0.2, 0.25) is 0 Å². The highest BCUT2D eigenvalue weighted by atomic mass is 32.2. The van der Waals surface area contributed by atoms with Crippen molar-refractivity contribution in [1.29, 1.82) is 0 Å². The number of likely N-dealkylation sites (N-methyl/N-ethyl adjacent to an activating group) is 1. The first-order valence-corrected chi connectivity index (χ1v) is 11.5. The summed E-state index contributed by atoms with van der Waals surface area (Å²) in [5, 5.41) is 12.7. The standard InChI is InChI=1S/C25H24N6OS/c1-30(2)11-12-32-24-10-7-17(13-27-24)18-14-28-25-22(15-29-31(25)16-18)20-8-9-23(33-26)21-6-4-3-5-19(20)21/h3-10,13-16H,11-12,26H2,1-2H3. The molecule has 33 heavy (non-hydrogen) atoms. The van der Waals surface area contributed by atoms with Crippen molar-refractivity contribution in [2.45, 2.75) is 4.90 Å². The largest absolute Gasteiger partial charge is 0.476 e. The molecule has 5 rings (SSSR count). The summed E-state index contributed by atoms with van der Waals surface area (Å²) in [6.45, 7) is 1.44. The fraction of sp³-hybridized carbons (Fsp3) is 0.160. The van der Waals surface area contributed by atoms with E-state index in [9.17, 15) is 0 Å². The molecule has 0 atom stereocenters. The van der Waals surface area contributed by atoms with E-state index in [-0.39, 0.29) is 0 Å². The molecule has 0 fully saturated rings. The number of pyridine rings is 1. The predicted molar refractivity (Wildman–Crippen MR) is 133 cm³/mol. The normalized spacial score (nSPS) is 11.5. The van der Waals surface area contributed by atoms with Crippen molar-refractivity contribution in [2.75, 3.05) is 27.2 Å². The van der Waals surface area contributed by atoms with Crippen LogP contribution in [0.25, 0.3) is 38.7 Å². The lowest BCUT2D eigenvalue weighted by Gasteiger charge is -2.10. The summed E-state index contributed by atoms with van der Waals surface area (Å²) in [6.07, 6.45) is 7.50. The van der Waals surface area contributed by atoms with E-state index < -0.39 is 0 Å². The first-order valence-electron chi connectivity index (χ1n) is 10.6. The van der Waals surface area contributed by atoms with E-state index in [0.29, 0.717) is 12.5 Å². The summed E-state index contributed by atoms with van der Waals surface area (Å²) in [6, 6.07) is 16.3. The van der Waals surface area contributed by atoms with Crippen LogP contribution in [-0.2, 0) is 0 Å². The van der Waals surface area contributed by atoms with Crippen LogP contribution >= 0.6 is 11.9 Å². The van der Waals surface area contributed by atoms with Gasteiger partial charge in [0.05, 0.1) is 6.20 Å². The molecule has 0 spiro atoms. The fourth-order valence-corrected chi connectivity index (χ4v) is 4.24. The van der Waals surface area contributed by atoms with Gasteiger partial charge < -0.3 is 9.64 Å². The third kappa shape index (κ3) is 4.28. The van der Waals surface area contributed by atoms with Crippen LogP contribution in [0, 0.1) is 0 Å². The van der Waals surface area contributed by atoms with E-state index >= 15 is 0 Å². The average molecular weight is 457 g/mol. The van der Waals surface area contributed by atoms with E-state index in [1.807, 2.05) is 67.5 Å². The second-order valence-electron chi connectivity index (χ2n) is 7.98. The lowest BCUT2D eigenvalue weighted by atomic mass is 10.00. The Morgan fingerprint density at radius 3 is 2.48 bits per heavy atom. The number of nitrogens with zero attached hydrogens (tertiary/aromatic N) is 5. The molecule has 2 aromatic carbocycles. The summed E-state index contributed by atoms with van der Waals surface area (Å²) < 4.78 is 7.50. The number of benzene rings is 2. The van der Waals surface area contributed by atoms with Crippen molar-refractivity contribution in [3.05, 3.63) is 73.3 Å². The van der Waals surface area contributed by atoms with E-state index in [2.05, 4.69) is 33.2 Å². The van der Waals surface area contributed by atoms with Gasteiger partial charge in [0.15, 0.2) is 5.65 Å². The maximum absolute atomic E-state index is 5.87. The van der Waals surface area contributed by atoms with E-state index in [4.69, 9.17) is 14.9 Å². The van der Waals surface area contributed by atoms with Crippen molar-refractivity contribution in [3.63, 3.8) is 0 Å². The topological polar surface area (TPSA) is 81.6 Å². The van der Waals surface area contributed by atoms with Crippen molar-refractivity contribution in [2.24, 2.45) is 5.14 Å². The summed E-state index contributed by atoms with van der Waals surface area (Å²) in [5.74, 6) is 0.613. The molecule has 0 aliphatic heterocycles. The van der Waals surface area contributed by atoms with Gasteiger partial charge in [-0.15, -0.1) is 0 Å². The molecule has 0 unspecified atom stereocenters. The van der Waals surface area contributed by atoms with Crippen LogP contribution < -0.4 is 9.88 Å². The Kier molecular flexibility index (Phi) is 5.95. The number of hydrogen-bond acceptors (Lipinski definition) is 7. The molecule has 2 N–H and O–H groups in total. The third-order valence-corrected chi connectivity index (χ3v) is 6.13. The SMILES string of the molecule is CN(C)CCOc1ccc(-c2cnc3c(-c4ccc(SN)c5ccccc45)cnn3c2)cn1. The smallest absolute Gasteiger partial charge is 0.213 e. The zero-order chi connectivity index (χ0) is 22.8. The van der Waals surface area contributed by atoms with Gasteiger partial charge >= 0.3 is 0 Å². The Hall–Kier alpha value is -3.46. The van der Waals surface area contributed by atoms with Gasteiger partial charge in [0.2, 0.25) is 5.88 Å². The Balaban J connectivity index is 1.46. The molecule has 7 nitrogen and oxygen atoms in total. The summed E-state index contributed by atoms with van der Waals surface area (Å²) in [5.41, 5.74) is 4.75. The molecule has 0 bridgehead atoms. The van der Waals surface area contributed by atoms with Gasteiger partial charge in [-0.25, -0.2) is 14.5 Å². The molecule has 8 heteroatoms. The second-order valence-corrected chi connectivity index (χ2v) is 8.66. The van der Waals surface area contributed by atoms with Crippen LogP contribution in [0.3, 0.4) is 0 Å². The average Bonchev–Trinajstić information content (AvgIpc) is 3.26. The second kappa shape index (κ2) is 9.19. The zero-order valence-electron chi connectivity index (χ0n) is 18.5. The van der Waals surface area contributed by atoms with Gasteiger partial charge in [0.25, 0.3) is 0 Å². The van der Waals surface area contributed by atoms with Crippen LogP contribution in [0.5, 0.6) is 5.88 Å². The predicted octanol–water partition coefficient (Wildman–Crippen LogP) is 4.52. The fourth-order valence-electron chi connectivity index (χ4n) is 3.79. The molecule has 0 saturated heterocycles. The van der Waals surface area contributed by atoms with Gasteiger partial charge in [-0.05, 0) is 54.5 Å². The number of ether oxygens (including phenoxy) is 1. The molecule has 5 aromatic rings. The van der Waals surface area contributed by atoms with Crippen molar-refractivity contribution >= 4 is 28.4 Å². The summed E-state index contributed by atoms with van der Waals surface area (Å²) >= 11 is 1.26. The molecule has 3 heterocycles. The van der Waals surface area contributed by atoms with Crippen LogP contribution in [0.1, 0.15) is 0 Å². The molecule has 0 amide bonds. The monoisotopic (exact) mass is 456 g/mol. The first-order chi connectivity index (χ1) is 16.1. The lowest BCUT2D eigenvalue weighted by molar-refractivity contribution is 0.254. The van der Waals surface area contributed by atoms with Crippen molar-refractivity contribution in [1.82, 2.24) is 24.5 Å². The molecule has 0 saturated carbocycles. The van der Waals surface area contributed by atoms with Crippen molar-refractivity contribution < 1.29 is 4.74 Å². The van der Waals surface area contributed by atoms with Gasteiger partial charge in [-0.3, -0.25) is 5.14 Å². The molecule has 0 radical (unpaired) electrons.